The molecule has 2 aliphatic carbocycles. The Hall–Kier alpha value is -0.980. The standard InChI is InChI=1S/C19H28O/c1-5-12(2)16-10-15(19(4)8-9-19)11-17(18(16)20)13(3)14-6-7-14/h10-14,20H,5-9H2,1-4H3/t12-,13-/m0/s1. The lowest BCUT2D eigenvalue weighted by Gasteiger charge is -2.22. The van der Waals surface area contributed by atoms with E-state index in [2.05, 4.69) is 39.8 Å². The van der Waals surface area contributed by atoms with Gasteiger partial charge in [0.1, 0.15) is 5.75 Å². The SMILES string of the molecule is CC[C@H](C)c1cc(C2(C)CC2)cc([C@@H](C)C2CC2)c1O. The smallest absolute Gasteiger partial charge is 0.122 e. The van der Waals surface area contributed by atoms with Gasteiger partial charge in [-0.05, 0) is 72.0 Å². The van der Waals surface area contributed by atoms with Crippen LogP contribution in [-0.2, 0) is 5.41 Å². The van der Waals surface area contributed by atoms with Crippen LogP contribution in [0.15, 0.2) is 12.1 Å². The van der Waals surface area contributed by atoms with Crippen molar-refractivity contribution in [1.29, 1.82) is 0 Å². The Balaban J connectivity index is 2.07. The van der Waals surface area contributed by atoms with Crippen LogP contribution in [0.3, 0.4) is 0 Å². The molecule has 0 spiro atoms. The lowest BCUT2D eigenvalue weighted by atomic mass is 9.84. The number of phenolic OH excluding ortho intramolecular Hbond substituents is 1. The van der Waals surface area contributed by atoms with Gasteiger partial charge in [-0.25, -0.2) is 0 Å². The van der Waals surface area contributed by atoms with E-state index in [9.17, 15) is 5.11 Å². The third-order valence-electron chi connectivity index (χ3n) is 5.83. The second-order valence-corrected chi connectivity index (χ2v) is 7.50. The molecule has 110 valence electrons. The summed E-state index contributed by atoms with van der Waals surface area (Å²) in [7, 11) is 0. The van der Waals surface area contributed by atoms with Gasteiger partial charge in [-0.15, -0.1) is 0 Å². The summed E-state index contributed by atoms with van der Waals surface area (Å²) < 4.78 is 0. The van der Waals surface area contributed by atoms with Crippen LogP contribution in [0, 0.1) is 5.92 Å². The first-order valence-corrected chi connectivity index (χ1v) is 8.33. The van der Waals surface area contributed by atoms with Gasteiger partial charge in [-0.3, -0.25) is 0 Å². The molecule has 1 nitrogen and oxygen atoms in total. The van der Waals surface area contributed by atoms with Crippen molar-refractivity contribution < 1.29 is 5.11 Å². The fraction of sp³-hybridized carbons (Fsp3) is 0.684. The monoisotopic (exact) mass is 272 g/mol. The van der Waals surface area contributed by atoms with Gasteiger partial charge in [0.25, 0.3) is 0 Å². The molecule has 2 aliphatic rings. The van der Waals surface area contributed by atoms with E-state index in [0.717, 1.165) is 12.3 Å². The molecule has 2 atom stereocenters. The van der Waals surface area contributed by atoms with E-state index in [0.29, 0.717) is 23.0 Å². The highest BCUT2D eigenvalue weighted by Gasteiger charge is 2.41. The zero-order valence-corrected chi connectivity index (χ0v) is 13.4. The molecule has 0 bridgehead atoms. The van der Waals surface area contributed by atoms with Crippen LogP contribution in [0.1, 0.15) is 88.3 Å². The highest BCUT2D eigenvalue weighted by Crippen LogP contribution is 2.52. The molecule has 2 fully saturated rings. The summed E-state index contributed by atoms with van der Waals surface area (Å²) >= 11 is 0. The maximum atomic E-state index is 10.7. The van der Waals surface area contributed by atoms with Crippen molar-refractivity contribution in [2.24, 2.45) is 5.92 Å². The Kier molecular flexibility index (Phi) is 3.35. The molecule has 0 aromatic heterocycles. The number of aromatic hydroxyl groups is 1. The van der Waals surface area contributed by atoms with Gasteiger partial charge in [0, 0.05) is 0 Å². The predicted octanol–water partition coefficient (Wildman–Crippen LogP) is 5.47. The fourth-order valence-corrected chi connectivity index (χ4v) is 3.30. The zero-order chi connectivity index (χ0) is 14.5. The maximum Gasteiger partial charge on any atom is 0.122 e. The van der Waals surface area contributed by atoms with Gasteiger partial charge in [0.2, 0.25) is 0 Å². The second-order valence-electron chi connectivity index (χ2n) is 7.50. The minimum absolute atomic E-state index is 0.383. The fourth-order valence-electron chi connectivity index (χ4n) is 3.30. The minimum atomic E-state index is 0.383. The van der Waals surface area contributed by atoms with Crippen molar-refractivity contribution >= 4 is 0 Å². The molecule has 1 aromatic rings. The van der Waals surface area contributed by atoms with Gasteiger partial charge in [-0.1, -0.05) is 39.8 Å². The van der Waals surface area contributed by atoms with Crippen LogP contribution < -0.4 is 0 Å². The quantitative estimate of drug-likeness (QED) is 0.753. The molecular weight excluding hydrogens is 244 g/mol. The molecule has 1 N–H and O–H groups in total. The average Bonchev–Trinajstić information content (AvgIpc) is 3.32. The molecular formula is C19H28O. The number of hydrogen-bond donors (Lipinski definition) is 1. The Morgan fingerprint density at radius 3 is 2.30 bits per heavy atom. The molecule has 0 aliphatic heterocycles. The van der Waals surface area contributed by atoms with Gasteiger partial charge in [-0.2, -0.15) is 0 Å². The molecule has 0 radical (unpaired) electrons. The Morgan fingerprint density at radius 2 is 1.80 bits per heavy atom. The molecule has 3 rings (SSSR count). The van der Waals surface area contributed by atoms with Crippen LogP contribution in [-0.4, -0.2) is 5.11 Å². The number of phenols is 1. The highest BCUT2D eigenvalue weighted by molar-refractivity contribution is 5.50. The summed E-state index contributed by atoms with van der Waals surface area (Å²) in [5, 5.41) is 10.7. The third-order valence-corrected chi connectivity index (χ3v) is 5.83. The molecule has 0 saturated heterocycles. The second kappa shape index (κ2) is 4.79. The van der Waals surface area contributed by atoms with E-state index in [4.69, 9.17) is 0 Å². The first-order chi connectivity index (χ1) is 9.46. The number of hydrogen-bond acceptors (Lipinski definition) is 1. The van der Waals surface area contributed by atoms with Crippen LogP contribution in [0.25, 0.3) is 0 Å². The third kappa shape index (κ3) is 2.36. The van der Waals surface area contributed by atoms with Crippen molar-refractivity contribution in [2.75, 3.05) is 0 Å². The van der Waals surface area contributed by atoms with Crippen LogP contribution >= 0.6 is 0 Å². The van der Waals surface area contributed by atoms with Crippen molar-refractivity contribution in [3.63, 3.8) is 0 Å². The Labute approximate surface area is 123 Å². The van der Waals surface area contributed by atoms with Gasteiger partial charge in [0.15, 0.2) is 0 Å². The minimum Gasteiger partial charge on any atom is -0.507 e. The summed E-state index contributed by atoms with van der Waals surface area (Å²) in [4.78, 5) is 0. The summed E-state index contributed by atoms with van der Waals surface area (Å²) in [6, 6.07) is 4.61. The molecule has 1 aromatic carbocycles. The normalized spacial score (nSPS) is 23.4. The van der Waals surface area contributed by atoms with Crippen molar-refractivity contribution in [3.8, 4) is 5.75 Å². The van der Waals surface area contributed by atoms with Gasteiger partial charge < -0.3 is 5.11 Å². The Morgan fingerprint density at radius 1 is 1.20 bits per heavy atom. The van der Waals surface area contributed by atoms with E-state index >= 15 is 0 Å². The Bertz CT molecular complexity index is 509. The van der Waals surface area contributed by atoms with Crippen LogP contribution in [0.2, 0.25) is 0 Å². The number of rotatable bonds is 5. The molecule has 0 heterocycles. The summed E-state index contributed by atoms with van der Waals surface area (Å²) in [6.07, 6.45) is 6.36. The summed E-state index contributed by atoms with van der Waals surface area (Å²) in [5.74, 6) is 2.35. The van der Waals surface area contributed by atoms with E-state index in [1.54, 1.807) is 0 Å². The van der Waals surface area contributed by atoms with Crippen LogP contribution in [0.5, 0.6) is 5.75 Å². The largest absolute Gasteiger partial charge is 0.507 e. The molecule has 1 heteroatoms. The number of benzene rings is 1. The molecule has 2 saturated carbocycles. The van der Waals surface area contributed by atoms with Crippen molar-refractivity contribution in [2.45, 2.75) is 77.0 Å². The molecule has 20 heavy (non-hydrogen) atoms. The molecule has 0 amide bonds. The molecule has 0 unspecified atom stereocenters. The predicted molar refractivity (Wildman–Crippen MR) is 84.5 cm³/mol. The van der Waals surface area contributed by atoms with Crippen molar-refractivity contribution in [1.82, 2.24) is 0 Å². The van der Waals surface area contributed by atoms with Crippen LogP contribution in [0.4, 0.5) is 0 Å². The first-order valence-electron chi connectivity index (χ1n) is 8.33. The lowest BCUT2D eigenvalue weighted by Crippen LogP contribution is -2.07. The topological polar surface area (TPSA) is 20.2 Å². The zero-order valence-electron chi connectivity index (χ0n) is 13.4. The average molecular weight is 272 g/mol. The lowest BCUT2D eigenvalue weighted by molar-refractivity contribution is 0.445. The highest BCUT2D eigenvalue weighted by atomic mass is 16.3. The maximum absolute atomic E-state index is 10.7. The van der Waals surface area contributed by atoms with E-state index in [1.165, 1.54) is 42.4 Å². The van der Waals surface area contributed by atoms with Gasteiger partial charge >= 0.3 is 0 Å². The van der Waals surface area contributed by atoms with Gasteiger partial charge in [0.05, 0.1) is 0 Å². The van der Waals surface area contributed by atoms with E-state index < -0.39 is 0 Å². The van der Waals surface area contributed by atoms with Crippen molar-refractivity contribution in [3.05, 3.63) is 28.8 Å². The first kappa shape index (κ1) is 14.0. The summed E-state index contributed by atoms with van der Waals surface area (Å²) in [6.45, 7) is 9.11. The summed E-state index contributed by atoms with van der Waals surface area (Å²) in [5.41, 5.74) is 4.25. The van der Waals surface area contributed by atoms with E-state index in [1.807, 2.05) is 0 Å². The van der Waals surface area contributed by atoms with E-state index in [-0.39, 0.29) is 0 Å².